The summed E-state index contributed by atoms with van der Waals surface area (Å²) in [7, 11) is 0. The minimum atomic E-state index is -1.07. The van der Waals surface area contributed by atoms with Gasteiger partial charge in [-0.15, -0.1) is 0 Å². The lowest BCUT2D eigenvalue weighted by atomic mass is 9.95. The van der Waals surface area contributed by atoms with Gasteiger partial charge in [0.1, 0.15) is 0 Å². The summed E-state index contributed by atoms with van der Waals surface area (Å²) in [5, 5.41) is 12.0. The zero-order valence-corrected chi connectivity index (χ0v) is 11.4. The maximum absolute atomic E-state index is 12.2. The number of carbonyl (C=O) groups excluding carboxylic acids is 1. The molecular weight excluding hydrogens is 230 g/mol. The molecule has 0 aliphatic rings. The molecule has 0 heterocycles. The maximum atomic E-state index is 12.2. The fourth-order valence-corrected chi connectivity index (χ4v) is 1.78. The number of aryl methyl sites for hydroxylation is 2. The van der Waals surface area contributed by atoms with E-state index in [1.807, 2.05) is 20.8 Å². The van der Waals surface area contributed by atoms with Gasteiger partial charge in [0.05, 0.1) is 11.1 Å². The van der Waals surface area contributed by atoms with E-state index in [1.54, 1.807) is 26.0 Å². The molecule has 0 atom stereocenters. The first-order valence-electron chi connectivity index (χ1n) is 5.79. The van der Waals surface area contributed by atoms with Gasteiger partial charge in [-0.2, -0.15) is 0 Å². The van der Waals surface area contributed by atoms with Gasteiger partial charge in [-0.05, 0) is 45.7 Å². The van der Waals surface area contributed by atoms with Crippen LogP contribution in [0, 0.1) is 13.8 Å². The summed E-state index contributed by atoms with van der Waals surface area (Å²) in [6.07, 6.45) is 0. The van der Waals surface area contributed by atoms with Crippen molar-refractivity contribution in [2.45, 2.75) is 40.2 Å². The fraction of sp³-hybridized carbons (Fsp3) is 0.429. The molecular formula is C14H19NO3. The first-order valence-corrected chi connectivity index (χ1v) is 5.79. The van der Waals surface area contributed by atoms with Crippen LogP contribution in [0.3, 0.4) is 0 Å². The summed E-state index contributed by atoms with van der Waals surface area (Å²) in [5.41, 5.74) is 1.18. The number of hydrogen-bond acceptors (Lipinski definition) is 2. The molecule has 0 unspecified atom stereocenters. The molecule has 0 radical (unpaired) electrons. The van der Waals surface area contributed by atoms with Gasteiger partial charge in [0.25, 0.3) is 5.91 Å². The lowest BCUT2D eigenvalue weighted by Crippen LogP contribution is -2.41. The van der Waals surface area contributed by atoms with E-state index in [-0.39, 0.29) is 17.0 Å². The molecule has 0 saturated carbocycles. The van der Waals surface area contributed by atoms with Crippen LogP contribution >= 0.6 is 0 Å². The first-order chi connectivity index (χ1) is 8.13. The van der Waals surface area contributed by atoms with Crippen molar-refractivity contribution in [2.75, 3.05) is 0 Å². The highest BCUT2D eigenvalue weighted by Gasteiger charge is 2.23. The molecule has 0 bridgehead atoms. The number of rotatable bonds is 2. The Morgan fingerprint density at radius 2 is 1.50 bits per heavy atom. The number of carbonyl (C=O) groups is 2. The van der Waals surface area contributed by atoms with E-state index in [9.17, 15) is 14.7 Å². The SMILES string of the molecule is Cc1ccc(C)c(C(=O)NC(C)(C)C)c1C(=O)O. The Morgan fingerprint density at radius 1 is 1.06 bits per heavy atom. The molecule has 2 N–H and O–H groups in total. The Morgan fingerprint density at radius 3 is 1.89 bits per heavy atom. The molecule has 1 aromatic rings. The maximum Gasteiger partial charge on any atom is 0.336 e. The predicted octanol–water partition coefficient (Wildman–Crippen LogP) is 2.53. The molecule has 0 aliphatic heterocycles. The van der Waals surface area contributed by atoms with Gasteiger partial charge in [0.15, 0.2) is 0 Å². The third kappa shape index (κ3) is 3.09. The third-order valence-corrected chi connectivity index (χ3v) is 2.55. The molecule has 98 valence electrons. The van der Waals surface area contributed by atoms with Crippen molar-refractivity contribution >= 4 is 11.9 Å². The molecule has 1 rings (SSSR count). The van der Waals surface area contributed by atoms with Gasteiger partial charge in [-0.25, -0.2) is 4.79 Å². The Balaban J connectivity index is 3.35. The van der Waals surface area contributed by atoms with E-state index < -0.39 is 11.5 Å². The molecule has 0 spiro atoms. The van der Waals surface area contributed by atoms with E-state index in [0.29, 0.717) is 11.1 Å². The molecule has 0 saturated heterocycles. The number of nitrogens with one attached hydrogen (secondary N) is 1. The minimum absolute atomic E-state index is 0.0803. The zero-order valence-electron chi connectivity index (χ0n) is 11.4. The Kier molecular flexibility index (Phi) is 3.79. The molecule has 1 amide bonds. The molecule has 0 fully saturated rings. The van der Waals surface area contributed by atoms with Crippen LogP contribution in [0.2, 0.25) is 0 Å². The van der Waals surface area contributed by atoms with Crippen molar-refractivity contribution in [1.82, 2.24) is 5.32 Å². The topological polar surface area (TPSA) is 66.4 Å². The molecule has 4 nitrogen and oxygen atoms in total. The largest absolute Gasteiger partial charge is 0.478 e. The average Bonchev–Trinajstić information content (AvgIpc) is 2.17. The monoisotopic (exact) mass is 249 g/mol. The van der Waals surface area contributed by atoms with Gasteiger partial charge >= 0.3 is 5.97 Å². The van der Waals surface area contributed by atoms with Crippen molar-refractivity contribution in [1.29, 1.82) is 0 Å². The van der Waals surface area contributed by atoms with Crippen LogP contribution in [0.25, 0.3) is 0 Å². The number of benzene rings is 1. The summed E-state index contributed by atoms with van der Waals surface area (Å²) in [5.74, 6) is -1.42. The van der Waals surface area contributed by atoms with Crippen molar-refractivity contribution in [2.24, 2.45) is 0 Å². The van der Waals surface area contributed by atoms with Crippen LogP contribution < -0.4 is 5.32 Å². The van der Waals surface area contributed by atoms with E-state index >= 15 is 0 Å². The lowest BCUT2D eigenvalue weighted by molar-refractivity contribution is 0.0688. The molecule has 4 heteroatoms. The predicted molar refractivity (Wildman–Crippen MR) is 70.1 cm³/mol. The number of carboxylic acid groups (broad SMARTS) is 1. The second kappa shape index (κ2) is 4.80. The highest BCUT2D eigenvalue weighted by atomic mass is 16.4. The van der Waals surface area contributed by atoms with Crippen molar-refractivity contribution < 1.29 is 14.7 Å². The molecule has 18 heavy (non-hydrogen) atoms. The van der Waals surface area contributed by atoms with E-state index in [1.165, 1.54) is 0 Å². The van der Waals surface area contributed by atoms with Crippen LogP contribution in [-0.4, -0.2) is 22.5 Å². The van der Waals surface area contributed by atoms with Crippen LogP contribution in [0.5, 0.6) is 0 Å². The molecule has 0 aliphatic carbocycles. The minimum Gasteiger partial charge on any atom is -0.478 e. The van der Waals surface area contributed by atoms with Crippen molar-refractivity contribution in [3.8, 4) is 0 Å². The second-order valence-electron chi connectivity index (χ2n) is 5.46. The molecule has 0 aromatic heterocycles. The van der Waals surface area contributed by atoms with Crippen LogP contribution in [-0.2, 0) is 0 Å². The number of hydrogen-bond donors (Lipinski definition) is 2. The molecule has 1 aromatic carbocycles. The summed E-state index contributed by atoms with van der Waals surface area (Å²) < 4.78 is 0. The van der Waals surface area contributed by atoms with E-state index in [0.717, 1.165) is 0 Å². The summed E-state index contributed by atoms with van der Waals surface area (Å²) in [6.45, 7) is 9.00. The lowest BCUT2D eigenvalue weighted by Gasteiger charge is -2.22. The number of amides is 1. The fourth-order valence-electron chi connectivity index (χ4n) is 1.78. The Hall–Kier alpha value is -1.84. The number of aromatic carboxylic acids is 1. The van der Waals surface area contributed by atoms with Gasteiger partial charge in [-0.3, -0.25) is 4.79 Å². The van der Waals surface area contributed by atoms with Crippen molar-refractivity contribution in [3.05, 3.63) is 34.4 Å². The van der Waals surface area contributed by atoms with Crippen LogP contribution in [0.1, 0.15) is 52.6 Å². The third-order valence-electron chi connectivity index (χ3n) is 2.55. The van der Waals surface area contributed by atoms with Gasteiger partial charge in [0, 0.05) is 5.54 Å². The van der Waals surface area contributed by atoms with Gasteiger partial charge in [-0.1, -0.05) is 12.1 Å². The van der Waals surface area contributed by atoms with Crippen LogP contribution in [0.4, 0.5) is 0 Å². The quantitative estimate of drug-likeness (QED) is 0.846. The second-order valence-corrected chi connectivity index (χ2v) is 5.46. The standard InChI is InChI=1S/C14H19NO3/c1-8-6-7-9(2)11(13(17)18)10(8)12(16)15-14(3,4)5/h6-7H,1-5H3,(H,15,16)(H,17,18). The van der Waals surface area contributed by atoms with Gasteiger partial charge < -0.3 is 10.4 Å². The van der Waals surface area contributed by atoms with Gasteiger partial charge in [0.2, 0.25) is 0 Å². The van der Waals surface area contributed by atoms with Crippen molar-refractivity contribution in [3.63, 3.8) is 0 Å². The highest BCUT2D eigenvalue weighted by molar-refractivity contribution is 6.06. The normalized spacial score (nSPS) is 11.2. The summed E-state index contributed by atoms with van der Waals surface area (Å²) in [4.78, 5) is 23.5. The number of carboxylic acids is 1. The van der Waals surface area contributed by atoms with E-state index in [2.05, 4.69) is 5.32 Å². The highest BCUT2D eigenvalue weighted by Crippen LogP contribution is 2.19. The first kappa shape index (κ1) is 14.2. The summed E-state index contributed by atoms with van der Waals surface area (Å²) in [6, 6.07) is 3.48. The Labute approximate surface area is 107 Å². The Bertz CT molecular complexity index is 498. The smallest absolute Gasteiger partial charge is 0.336 e. The van der Waals surface area contributed by atoms with Crippen LogP contribution in [0.15, 0.2) is 12.1 Å². The summed E-state index contributed by atoms with van der Waals surface area (Å²) >= 11 is 0. The zero-order chi connectivity index (χ0) is 14.1. The average molecular weight is 249 g/mol. The van der Waals surface area contributed by atoms with E-state index in [4.69, 9.17) is 0 Å².